The van der Waals surface area contributed by atoms with E-state index >= 15 is 0 Å². The lowest BCUT2D eigenvalue weighted by Crippen LogP contribution is -1.79. The highest BCUT2D eigenvalue weighted by molar-refractivity contribution is 9.10. The number of hydrogen-bond acceptors (Lipinski definition) is 2. The zero-order valence-electron chi connectivity index (χ0n) is 7.00. The Morgan fingerprint density at radius 1 is 1.42 bits per heavy atom. The second-order valence-electron chi connectivity index (χ2n) is 1.90. The van der Waals surface area contributed by atoms with Crippen LogP contribution in [0.1, 0.15) is 13.8 Å². The molecule has 2 rings (SSSR count). The van der Waals surface area contributed by atoms with Gasteiger partial charge in [0.1, 0.15) is 10.1 Å². The number of aromatic amines is 1. The summed E-state index contributed by atoms with van der Waals surface area (Å²) >= 11 is 3.23. The van der Waals surface area contributed by atoms with Crippen LogP contribution in [0.15, 0.2) is 23.1 Å². The molecular formula is C8H10BrN3. The summed E-state index contributed by atoms with van der Waals surface area (Å²) in [5.41, 5.74) is 1.71. The minimum Gasteiger partial charge on any atom is -0.345 e. The predicted octanol–water partition coefficient (Wildman–Crippen LogP) is 2.75. The summed E-state index contributed by atoms with van der Waals surface area (Å²) in [6, 6.07) is 1.88. The van der Waals surface area contributed by atoms with E-state index < -0.39 is 0 Å². The molecule has 0 radical (unpaired) electrons. The van der Waals surface area contributed by atoms with Crippen LogP contribution in [0.25, 0.3) is 11.2 Å². The van der Waals surface area contributed by atoms with Crippen LogP contribution in [-0.4, -0.2) is 15.0 Å². The zero-order valence-corrected chi connectivity index (χ0v) is 8.59. The molecule has 64 valence electrons. The standard InChI is InChI=1S/C6H4BrN3.C2H6/c7-5-3-9-6-4(10-5)1-2-8-6;1-2/h1-3H,(H,8,9);1-2H3. The van der Waals surface area contributed by atoms with E-state index in [0.29, 0.717) is 0 Å². The van der Waals surface area contributed by atoms with Crippen molar-refractivity contribution in [2.45, 2.75) is 13.8 Å². The van der Waals surface area contributed by atoms with Gasteiger partial charge in [-0.25, -0.2) is 9.97 Å². The average molecular weight is 228 g/mol. The molecular weight excluding hydrogens is 218 g/mol. The van der Waals surface area contributed by atoms with Gasteiger partial charge in [0.05, 0.1) is 6.20 Å². The molecule has 1 N–H and O–H groups in total. The lowest BCUT2D eigenvalue weighted by atomic mass is 10.5. The molecule has 2 heterocycles. The van der Waals surface area contributed by atoms with Crippen molar-refractivity contribution in [1.29, 1.82) is 0 Å². The van der Waals surface area contributed by atoms with Crippen molar-refractivity contribution in [2.75, 3.05) is 0 Å². The summed E-state index contributed by atoms with van der Waals surface area (Å²) in [6.45, 7) is 4.00. The SMILES string of the molecule is Brc1cnc2[nH]ccc2n1.CC. The summed E-state index contributed by atoms with van der Waals surface area (Å²) < 4.78 is 0.764. The van der Waals surface area contributed by atoms with Crippen LogP contribution in [0.2, 0.25) is 0 Å². The lowest BCUT2D eigenvalue weighted by Gasteiger charge is -1.87. The highest BCUT2D eigenvalue weighted by Gasteiger charge is 1.95. The van der Waals surface area contributed by atoms with E-state index in [0.717, 1.165) is 15.8 Å². The summed E-state index contributed by atoms with van der Waals surface area (Å²) in [5, 5.41) is 0. The minimum absolute atomic E-state index is 0.764. The molecule has 0 bridgehead atoms. The molecule has 0 amide bonds. The Morgan fingerprint density at radius 2 is 2.17 bits per heavy atom. The van der Waals surface area contributed by atoms with Crippen LogP contribution in [0.3, 0.4) is 0 Å². The van der Waals surface area contributed by atoms with Gasteiger partial charge in [-0.15, -0.1) is 0 Å². The number of H-pyrrole nitrogens is 1. The number of aromatic nitrogens is 3. The molecule has 0 aliphatic heterocycles. The first-order valence-electron chi connectivity index (χ1n) is 3.82. The molecule has 0 saturated carbocycles. The third-order valence-corrected chi connectivity index (χ3v) is 1.61. The molecule has 0 aliphatic rings. The first-order valence-corrected chi connectivity index (χ1v) is 4.61. The van der Waals surface area contributed by atoms with Gasteiger partial charge in [0.25, 0.3) is 0 Å². The first kappa shape index (κ1) is 9.19. The summed E-state index contributed by atoms with van der Waals surface area (Å²) in [5.74, 6) is 0. The van der Waals surface area contributed by atoms with Crippen LogP contribution in [0.4, 0.5) is 0 Å². The van der Waals surface area contributed by atoms with Crippen molar-refractivity contribution in [3.63, 3.8) is 0 Å². The van der Waals surface area contributed by atoms with Crippen molar-refractivity contribution < 1.29 is 0 Å². The molecule has 2 aromatic heterocycles. The third kappa shape index (κ3) is 1.82. The number of nitrogens with one attached hydrogen (secondary N) is 1. The van der Waals surface area contributed by atoms with Crippen LogP contribution >= 0.6 is 15.9 Å². The Hall–Kier alpha value is -0.900. The van der Waals surface area contributed by atoms with Gasteiger partial charge < -0.3 is 4.98 Å². The van der Waals surface area contributed by atoms with E-state index in [1.165, 1.54) is 0 Å². The fraction of sp³-hybridized carbons (Fsp3) is 0.250. The maximum absolute atomic E-state index is 4.16. The molecule has 3 nitrogen and oxygen atoms in total. The average Bonchev–Trinajstić information content (AvgIpc) is 2.54. The number of fused-ring (bicyclic) bond motifs is 1. The smallest absolute Gasteiger partial charge is 0.156 e. The van der Waals surface area contributed by atoms with Crippen molar-refractivity contribution in [2.24, 2.45) is 0 Å². The molecule has 0 saturated heterocycles. The highest BCUT2D eigenvalue weighted by Crippen LogP contribution is 2.09. The molecule has 0 spiro atoms. The normalized spacial score (nSPS) is 9.25. The van der Waals surface area contributed by atoms with Gasteiger partial charge in [-0.3, -0.25) is 0 Å². The molecule has 0 aromatic carbocycles. The van der Waals surface area contributed by atoms with Gasteiger partial charge in [0.2, 0.25) is 0 Å². The van der Waals surface area contributed by atoms with E-state index in [1.807, 2.05) is 26.1 Å². The second-order valence-corrected chi connectivity index (χ2v) is 2.72. The van der Waals surface area contributed by atoms with E-state index in [-0.39, 0.29) is 0 Å². The number of hydrogen-bond donors (Lipinski definition) is 1. The fourth-order valence-corrected chi connectivity index (χ4v) is 1.10. The van der Waals surface area contributed by atoms with Gasteiger partial charge in [-0.1, -0.05) is 13.8 Å². The first-order chi connectivity index (χ1) is 5.86. The van der Waals surface area contributed by atoms with Crippen molar-refractivity contribution in [3.8, 4) is 0 Å². The lowest BCUT2D eigenvalue weighted by molar-refractivity contribution is 1.23. The highest BCUT2D eigenvalue weighted by atomic mass is 79.9. The molecule has 4 heteroatoms. The molecule has 0 aliphatic carbocycles. The van der Waals surface area contributed by atoms with Crippen molar-refractivity contribution in [3.05, 3.63) is 23.1 Å². The van der Waals surface area contributed by atoms with Gasteiger partial charge in [-0.2, -0.15) is 0 Å². The number of rotatable bonds is 0. The fourth-order valence-electron chi connectivity index (χ4n) is 0.808. The van der Waals surface area contributed by atoms with Gasteiger partial charge in [-0.05, 0) is 22.0 Å². The third-order valence-electron chi connectivity index (χ3n) is 1.23. The molecule has 0 unspecified atom stereocenters. The van der Waals surface area contributed by atoms with E-state index in [1.54, 1.807) is 6.20 Å². The van der Waals surface area contributed by atoms with Gasteiger partial charge >= 0.3 is 0 Å². The number of halogens is 1. The van der Waals surface area contributed by atoms with Crippen LogP contribution in [0, 0.1) is 0 Å². The summed E-state index contributed by atoms with van der Waals surface area (Å²) in [6.07, 6.45) is 3.48. The maximum atomic E-state index is 4.16. The van der Waals surface area contributed by atoms with E-state index in [2.05, 4.69) is 30.9 Å². The predicted molar refractivity (Wildman–Crippen MR) is 52.9 cm³/mol. The van der Waals surface area contributed by atoms with Gasteiger partial charge in [0, 0.05) is 6.20 Å². The Morgan fingerprint density at radius 3 is 2.92 bits per heavy atom. The summed E-state index contributed by atoms with van der Waals surface area (Å²) in [7, 11) is 0. The zero-order chi connectivity index (χ0) is 8.97. The quantitative estimate of drug-likeness (QED) is 0.753. The Kier molecular flexibility index (Phi) is 3.22. The van der Waals surface area contributed by atoms with E-state index in [9.17, 15) is 0 Å². The van der Waals surface area contributed by atoms with Crippen LogP contribution in [-0.2, 0) is 0 Å². The molecule has 0 fully saturated rings. The largest absolute Gasteiger partial charge is 0.345 e. The van der Waals surface area contributed by atoms with Crippen molar-refractivity contribution >= 4 is 27.1 Å². The van der Waals surface area contributed by atoms with Crippen LogP contribution in [0.5, 0.6) is 0 Å². The second kappa shape index (κ2) is 4.21. The number of nitrogens with zero attached hydrogens (tertiary/aromatic N) is 2. The van der Waals surface area contributed by atoms with Crippen LogP contribution < -0.4 is 0 Å². The topological polar surface area (TPSA) is 41.6 Å². The summed E-state index contributed by atoms with van der Waals surface area (Å²) in [4.78, 5) is 11.2. The van der Waals surface area contributed by atoms with Crippen molar-refractivity contribution in [1.82, 2.24) is 15.0 Å². The molecule has 2 aromatic rings. The Balaban J connectivity index is 0.000000336. The Bertz CT molecular complexity index is 356. The monoisotopic (exact) mass is 227 g/mol. The molecule has 12 heavy (non-hydrogen) atoms. The maximum Gasteiger partial charge on any atom is 0.156 e. The molecule has 0 atom stereocenters. The van der Waals surface area contributed by atoms with Gasteiger partial charge in [0.15, 0.2) is 5.65 Å². The van der Waals surface area contributed by atoms with E-state index in [4.69, 9.17) is 0 Å². The minimum atomic E-state index is 0.764. The Labute approximate surface area is 79.4 Å².